The molecule has 0 aliphatic rings. The van der Waals surface area contributed by atoms with Gasteiger partial charge in [0, 0.05) is 11.8 Å². The highest BCUT2D eigenvalue weighted by Gasteiger charge is 2.17. The molecule has 136 valence electrons. The lowest BCUT2D eigenvalue weighted by atomic mass is 10.2. The highest BCUT2D eigenvalue weighted by atomic mass is 32.2. The van der Waals surface area contributed by atoms with E-state index in [2.05, 4.69) is 4.98 Å². The summed E-state index contributed by atoms with van der Waals surface area (Å²) in [6, 6.07) is 15.5. The molecule has 1 aromatic heterocycles. The van der Waals surface area contributed by atoms with Crippen LogP contribution in [0.25, 0.3) is 10.9 Å². The van der Waals surface area contributed by atoms with Crippen molar-refractivity contribution in [3.8, 4) is 0 Å². The molecule has 0 amide bonds. The molecule has 0 saturated carbocycles. The summed E-state index contributed by atoms with van der Waals surface area (Å²) in [6.07, 6.45) is 0. The first-order valence-corrected chi connectivity index (χ1v) is 11.0. The molecule has 0 spiro atoms. The minimum Gasteiger partial charge on any atom is -0.285 e. The molecule has 26 heavy (non-hydrogen) atoms. The standard InChI is InChI=1S/C19H20N2O3S2/c1-14(2)21-18(22)16-10-6-7-11-17(16)20-19(21)25-12-13-26(23,24)15-8-4-3-5-9-15/h3-11,14H,12-13H2,1-2H3. The quantitative estimate of drug-likeness (QED) is 0.477. The second kappa shape index (κ2) is 7.63. The predicted molar refractivity (Wildman–Crippen MR) is 106 cm³/mol. The summed E-state index contributed by atoms with van der Waals surface area (Å²) < 4.78 is 26.5. The fourth-order valence-corrected chi connectivity index (χ4v) is 5.47. The summed E-state index contributed by atoms with van der Waals surface area (Å²) in [6.45, 7) is 3.84. The van der Waals surface area contributed by atoms with Crippen LogP contribution in [0.1, 0.15) is 19.9 Å². The number of nitrogens with zero attached hydrogens (tertiary/aromatic N) is 2. The van der Waals surface area contributed by atoms with Gasteiger partial charge < -0.3 is 0 Å². The number of para-hydroxylation sites is 1. The van der Waals surface area contributed by atoms with Crippen molar-refractivity contribution in [1.82, 2.24) is 9.55 Å². The Morgan fingerprint density at radius 3 is 2.38 bits per heavy atom. The van der Waals surface area contributed by atoms with E-state index < -0.39 is 9.84 Å². The molecule has 5 nitrogen and oxygen atoms in total. The Bertz CT molecular complexity index is 1070. The first-order chi connectivity index (χ1) is 12.4. The van der Waals surface area contributed by atoms with Crippen molar-refractivity contribution in [2.24, 2.45) is 0 Å². The zero-order valence-corrected chi connectivity index (χ0v) is 16.3. The van der Waals surface area contributed by atoms with E-state index in [0.29, 0.717) is 26.7 Å². The maximum atomic E-state index is 12.8. The van der Waals surface area contributed by atoms with Crippen molar-refractivity contribution >= 4 is 32.5 Å². The van der Waals surface area contributed by atoms with E-state index in [1.54, 1.807) is 47.0 Å². The lowest BCUT2D eigenvalue weighted by Crippen LogP contribution is -2.25. The van der Waals surface area contributed by atoms with Gasteiger partial charge in [-0.2, -0.15) is 0 Å². The lowest BCUT2D eigenvalue weighted by molar-refractivity contribution is 0.519. The van der Waals surface area contributed by atoms with Gasteiger partial charge in [0.05, 0.1) is 21.6 Å². The monoisotopic (exact) mass is 388 g/mol. The van der Waals surface area contributed by atoms with Crippen LogP contribution in [0.15, 0.2) is 69.4 Å². The number of aromatic nitrogens is 2. The van der Waals surface area contributed by atoms with Gasteiger partial charge in [-0.05, 0) is 38.1 Å². The van der Waals surface area contributed by atoms with Crippen molar-refractivity contribution in [2.75, 3.05) is 11.5 Å². The normalized spacial score (nSPS) is 12.0. The number of thioether (sulfide) groups is 1. The third-order valence-electron chi connectivity index (χ3n) is 3.98. The second-order valence-corrected chi connectivity index (χ2v) is 9.33. The Kier molecular flexibility index (Phi) is 5.48. The molecule has 0 N–H and O–H groups in total. The topological polar surface area (TPSA) is 69.0 Å². The molecule has 7 heteroatoms. The Morgan fingerprint density at radius 2 is 1.69 bits per heavy atom. The summed E-state index contributed by atoms with van der Waals surface area (Å²) >= 11 is 1.30. The van der Waals surface area contributed by atoms with Gasteiger partial charge in [0.1, 0.15) is 0 Å². The maximum absolute atomic E-state index is 12.8. The average Bonchev–Trinajstić information content (AvgIpc) is 2.62. The van der Waals surface area contributed by atoms with Gasteiger partial charge in [-0.15, -0.1) is 0 Å². The minimum atomic E-state index is -3.35. The van der Waals surface area contributed by atoms with Crippen molar-refractivity contribution < 1.29 is 8.42 Å². The third kappa shape index (κ3) is 3.83. The van der Waals surface area contributed by atoms with Gasteiger partial charge in [-0.1, -0.05) is 42.1 Å². The van der Waals surface area contributed by atoms with Crippen LogP contribution in [0.2, 0.25) is 0 Å². The highest BCUT2D eigenvalue weighted by Crippen LogP contribution is 2.22. The van der Waals surface area contributed by atoms with E-state index >= 15 is 0 Å². The highest BCUT2D eigenvalue weighted by molar-refractivity contribution is 8.00. The van der Waals surface area contributed by atoms with E-state index in [0.717, 1.165) is 0 Å². The SMILES string of the molecule is CC(C)n1c(SCCS(=O)(=O)c2ccccc2)nc2ccccc2c1=O. The van der Waals surface area contributed by atoms with Crippen LogP contribution in [0.4, 0.5) is 0 Å². The number of sulfone groups is 1. The fraction of sp³-hybridized carbons (Fsp3) is 0.263. The largest absolute Gasteiger partial charge is 0.285 e. The predicted octanol–water partition coefficient (Wildman–Crippen LogP) is 3.54. The van der Waals surface area contributed by atoms with Crippen LogP contribution >= 0.6 is 11.8 Å². The van der Waals surface area contributed by atoms with Gasteiger partial charge >= 0.3 is 0 Å². The van der Waals surface area contributed by atoms with Gasteiger partial charge in [-0.25, -0.2) is 13.4 Å². The van der Waals surface area contributed by atoms with Crippen LogP contribution in [0.5, 0.6) is 0 Å². The maximum Gasteiger partial charge on any atom is 0.262 e. The zero-order chi connectivity index (χ0) is 18.7. The number of hydrogen-bond acceptors (Lipinski definition) is 5. The number of benzene rings is 2. The number of fused-ring (bicyclic) bond motifs is 1. The zero-order valence-electron chi connectivity index (χ0n) is 14.6. The Morgan fingerprint density at radius 1 is 1.04 bits per heavy atom. The molecule has 0 unspecified atom stereocenters. The average molecular weight is 389 g/mol. The van der Waals surface area contributed by atoms with Crippen molar-refractivity contribution in [2.45, 2.75) is 29.9 Å². The van der Waals surface area contributed by atoms with E-state index in [1.807, 2.05) is 26.0 Å². The molecule has 0 radical (unpaired) electrons. The molecular formula is C19H20N2O3S2. The molecule has 0 atom stereocenters. The molecule has 0 aliphatic carbocycles. The van der Waals surface area contributed by atoms with Crippen molar-refractivity contribution in [3.63, 3.8) is 0 Å². The molecule has 2 aromatic carbocycles. The second-order valence-electron chi connectivity index (χ2n) is 6.16. The Balaban J connectivity index is 1.87. The van der Waals surface area contributed by atoms with Crippen LogP contribution in [0, 0.1) is 0 Å². The van der Waals surface area contributed by atoms with Crippen LogP contribution in [-0.2, 0) is 9.84 Å². The molecule has 1 heterocycles. The molecular weight excluding hydrogens is 368 g/mol. The summed E-state index contributed by atoms with van der Waals surface area (Å²) in [5, 5.41) is 1.12. The summed E-state index contributed by atoms with van der Waals surface area (Å²) in [5.41, 5.74) is 0.529. The fourth-order valence-electron chi connectivity index (χ4n) is 2.67. The smallest absolute Gasteiger partial charge is 0.262 e. The Labute approximate surface area is 157 Å². The molecule has 0 bridgehead atoms. The molecule has 3 aromatic rings. The van der Waals surface area contributed by atoms with Crippen molar-refractivity contribution in [3.05, 3.63) is 65.0 Å². The minimum absolute atomic E-state index is 0.0114. The van der Waals surface area contributed by atoms with Gasteiger partial charge in [-0.3, -0.25) is 9.36 Å². The van der Waals surface area contributed by atoms with E-state index in [-0.39, 0.29) is 17.4 Å². The Hall–Kier alpha value is -2.12. The molecule has 0 fully saturated rings. The molecule has 0 saturated heterocycles. The number of rotatable bonds is 6. The van der Waals surface area contributed by atoms with Crippen molar-refractivity contribution in [1.29, 1.82) is 0 Å². The summed E-state index contributed by atoms with van der Waals surface area (Å²) in [7, 11) is -3.35. The van der Waals surface area contributed by atoms with Gasteiger partial charge in [0.15, 0.2) is 15.0 Å². The molecule has 0 aliphatic heterocycles. The number of hydrogen-bond donors (Lipinski definition) is 0. The van der Waals surface area contributed by atoms with Gasteiger partial charge in [0.2, 0.25) is 0 Å². The van der Waals surface area contributed by atoms with E-state index in [9.17, 15) is 13.2 Å². The summed E-state index contributed by atoms with van der Waals surface area (Å²) in [5.74, 6) is 0.317. The van der Waals surface area contributed by atoms with Crippen LogP contribution < -0.4 is 5.56 Å². The van der Waals surface area contributed by atoms with Crippen LogP contribution in [-0.4, -0.2) is 29.5 Å². The molecule has 3 rings (SSSR count). The van der Waals surface area contributed by atoms with Crippen LogP contribution in [0.3, 0.4) is 0 Å². The van der Waals surface area contributed by atoms with Gasteiger partial charge in [0.25, 0.3) is 5.56 Å². The third-order valence-corrected chi connectivity index (χ3v) is 6.92. The first kappa shape index (κ1) is 18.7. The summed E-state index contributed by atoms with van der Waals surface area (Å²) in [4.78, 5) is 17.7. The first-order valence-electron chi connectivity index (χ1n) is 8.32. The van der Waals surface area contributed by atoms with E-state index in [4.69, 9.17) is 0 Å². The van der Waals surface area contributed by atoms with E-state index in [1.165, 1.54) is 11.8 Å². The lowest BCUT2D eigenvalue weighted by Gasteiger charge is -2.16.